The number of rotatable bonds is 1. The molecule has 1 rings (SSSR count). The molecule has 1 aromatic carbocycles. The third kappa shape index (κ3) is 1.19. The minimum atomic E-state index is 0.462. The van der Waals surface area contributed by atoms with E-state index in [2.05, 4.69) is 0 Å². The number of carbonyl (C=O) groups excluding carboxylic acids is 1. The largest absolute Gasteiger partial charge is 0.285 e. The molecule has 0 aliphatic carbocycles. The molecule has 0 saturated heterocycles. The number of aryl methyl sites for hydroxylation is 1. The molecule has 1 aromatic rings. The summed E-state index contributed by atoms with van der Waals surface area (Å²) in [5, 5.41) is 0.468. The van der Waals surface area contributed by atoms with E-state index < -0.39 is 0 Å². The van der Waals surface area contributed by atoms with E-state index in [9.17, 15) is 4.79 Å². The lowest BCUT2D eigenvalue weighted by atomic mass is 10.1. The molecule has 0 atom stereocenters. The topological polar surface area (TPSA) is 17.1 Å². The summed E-state index contributed by atoms with van der Waals surface area (Å²) in [6.07, 6.45) is 1.78. The fraction of sp³-hybridized carbons (Fsp3) is 0.125. The number of hydrogen-bond donors (Lipinski definition) is 0. The molecule has 51 valence electrons. The molecule has 0 fully saturated rings. The lowest BCUT2D eigenvalue weighted by molar-refractivity contribution is 0.562. The van der Waals surface area contributed by atoms with E-state index in [1.165, 1.54) is 0 Å². The van der Waals surface area contributed by atoms with Crippen LogP contribution in [0, 0.1) is 6.92 Å². The SMILES string of the molecule is Cc1cccc(Cl)c1[C]=O. The van der Waals surface area contributed by atoms with Gasteiger partial charge in [0, 0.05) is 5.56 Å². The van der Waals surface area contributed by atoms with E-state index in [-0.39, 0.29) is 0 Å². The van der Waals surface area contributed by atoms with Crippen LogP contribution < -0.4 is 0 Å². The standard InChI is InChI=1S/C8H6ClO/c1-6-3-2-4-8(9)7(6)5-10/h2-4H,1H3. The van der Waals surface area contributed by atoms with Crippen molar-refractivity contribution in [3.05, 3.63) is 34.3 Å². The van der Waals surface area contributed by atoms with E-state index in [1.54, 1.807) is 18.4 Å². The summed E-state index contributed by atoms with van der Waals surface area (Å²) in [7, 11) is 0. The monoisotopic (exact) mass is 153 g/mol. The molecule has 10 heavy (non-hydrogen) atoms. The van der Waals surface area contributed by atoms with Gasteiger partial charge in [0.15, 0.2) is 0 Å². The highest BCUT2D eigenvalue weighted by molar-refractivity contribution is 6.33. The Hall–Kier alpha value is -0.820. The van der Waals surface area contributed by atoms with Crippen molar-refractivity contribution in [2.45, 2.75) is 6.92 Å². The Bertz CT molecular complexity index is 235. The third-order valence-corrected chi connectivity index (χ3v) is 1.64. The molecule has 0 spiro atoms. The summed E-state index contributed by atoms with van der Waals surface area (Å²) in [6, 6.07) is 5.30. The highest BCUT2D eigenvalue weighted by Crippen LogP contribution is 2.16. The van der Waals surface area contributed by atoms with Gasteiger partial charge in [0.2, 0.25) is 6.29 Å². The van der Waals surface area contributed by atoms with Crippen molar-refractivity contribution in [1.29, 1.82) is 0 Å². The lowest BCUT2D eigenvalue weighted by Crippen LogP contribution is -1.86. The van der Waals surface area contributed by atoms with Crippen molar-refractivity contribution < 1.29 is 4.79 Å². The molecule has 0 N–H and O–H groups in total. The molecule has 0 amide bonds. The van der Waals surface area contributed by atoms with Gasteiger partial charge >= 0.3 is 0 Å². The zero-order valence-electron chi connectivity index (χ0n) is 5.52. The third-order valence-electron chi connectivity index (χ3n) is 1.32. The van der Waals surface area contributed by atoms with Crippen LogP contribution in [0.3, 0.4) is 0 Å². The van der Waals surface area contributed by atoms with Gasteiger partial charge in [-0.3, -0.25) is 4.79 Å². The van der Waals surface area contributed by atoms with Crippen molar-refractivity contribution in [2.75, 3.05) is 0 Å². The highest BCUT2D eigenvalue weighted by Gasteiger charge is 2.00. The zero-order chi connectivity index (χ0) is 7.56. The zero-order valence-corrected chi connectivity index (χ0v) is 6.27. The Morgan fingerprint density at radius 3 is 2.60 bits per heavy atom. The average Bonchev–Trinajstić information content (AvgIpc) is 1.88. The number of hydrogen-bond acceptors (Lipinski definition) is 1. The molecule has 2 heteroatoms. The maximum absolute atomic E-state index is 10.2. The molecule has 0 unspecified atom stereocenters. The Morgan fingerprint density at radius 1 is 1.50 bits per heavy atom. The van der Waals surface area contributed by atoms with Crippen LogP contribution in [0.1, 0.15) is 11.1 Å². The first-order chi connectivity index (χ1) is 4.75. The second kappa shape index (κ2) is 2.84. The maximum Gasteiger partial charge on any atom is 0.235 e. The number of benzene rings is 1. The van der Waals surface area contributed by atoms with Crippen LogP contribution in [-0.2, 0) is 4.79 Å². The van der Waals surface area contributed by atoms with Crippen LogP contribution in [0.4, 0.5) is 0 Å². The van der Waals surface area contributed by atoms with E-state index >= 15 is 0 Å². The van der Waals surface area contributed by atoms with Crippen molar-refractivity contribution in [2.24, 2.45) is 0 Å². The van der Waals surface area contributed by atoms with E-state index in [0.29, 0.717) is 10.6 Å². The molecular formula is C8H6ClO. The molecule has 0 heterocycles. The van der Waals surface area contributed by atoms with Gasteiger partial charge in [-0.05, 0) is 18.6 Å². The van der Waals surface area contributed by atoms with Crippen molar-refractivity contribution in [3.63, 3.8) is 0 Å². The van der Waals surface area contributed by atoms with Crippen LogP contribution >= 0.6 is 11.6 Å². The Balaban J connectivity index is 3.30. The first-order valence-electron chi connectivity index (χ1n) is 2.89. The second-order valence-corrected chi connectivity index (χ2v) is 2.44. The van der Waals surface area contributed by atoms with E-state index in [4.69, 9.17) is 11.6 Å². The highest BCUT2D eigenvalue weighted by atomic mass is 35.5. The summed E-state index contributed by atoms with van der Waals surface area (Å²) < 4.78 is 0. The van der Waals surface area contributed by atoms with Crippen molar-refractivity contribution in [3.8, 4) is 0 Å². The van der Waals surface area contributed by atoms with Gasteiger partial charge in [0.05, 0.1) is 5.02 Å². The maximum atomic E-state index is 10.2. The minimum absolute atomic E-state index is 0.462. The van der Waals surface area contributed by atoms with Crippen LogP contribution in [-0.4, -0.2) is 6.29 Å². The summed E-state index contributed by atoms with van der Waals surface area (Å²) in [4.78, 5) is 10.2. The van der Waals surface area contributed by atoms with Gasteiger partial charge in [-0.25, -0.2) is 0 Å². The van der Waals surface area contributed by atoms with E-state index in [0.717, 1.165) is 5.56 Å². The second-order valence-electron chi connectivity index (χ2n) is 2.03. The smallest absolute Gasteiger partial charge is 0.235 e. The summed E-state index contributed by atoms with van der Waals surface area (Å²) in [5.41, 5.74) is 1.33. The van der Waals surface area contributed by atoms with Crippen LogP contribution in [0.5, 0.6) is 0 Å². The summed E-state index contributed by atoms with van der Waals surface area (Å²) >= 11 is 5.67. The average molecular weight is 154 g/mol. The van der Waals surface area contributed by atoms with Gasteiger partial charge in [0.1, 0.15) is 0 Å². The predicted molar refractivity (Wildman–Crippen MR) is 41.0 cm³/mol. The Labute approximate surface area is 64.6 Å². The lowest BCUT2D eigenvalue weighted by Gasteiger charge is -1.96. The molecule has 0 aliphatic heterocycles. The molecule has 0 aliphatic rings. The summed E-state index contributed by atoms with van der Waals surface area (Å²) in [6.45, 7) is 1.83. The molecule has 0 bridgehead atoms. The van der Waals surface area contributed by atoms with Gasteiger partial charge in [-0.2, -0.15) is 0 Å². The van der Waals surface area contributed by atoms with Gasteiger partial charge < -0.3 is 0 Å². The molecular weight excluding hydrogens is 148 g/mol. The van der Waals surface area contributed by atoms with Gasteiger partial charge in [0.25, 0.3) is 0 Å². The molecule has 0 aromatic heterocycles. The van der Waals surface area contributed by atoms with Gasteiger partial charge in [-0.1, -0.05) is 23.7 Å². The normalized spacial score (nSPS) is 9.40. The summed E-state index contributed by atoms with van der Waals surface area (Å²) in [5.74, 6) is 0. The fourth-order valence-electron chi connectivity index (χ4n) is 0.761. The molecule has 0 saturated carbocycles. The molecule has 1 nitrogen and oxygen atoms in total. The molecule has 1 radical (unpaired) electrons. The quantitative estimate of drug-likeness (QED) is 0.604. The van der Waals surface area contributed by atoms with Crippen LogP contribution in [0.25, 0.3) is 0 Å². The van der Waals surface area contributed by atoms with Crippen LogP contribution in [0.2, 0.25) is 5.02 Å². The fourth-order valence-corrected chi connectivity index (χ4v) is 1.02. The van der Waals surface area contributed by atoms with E-state index in [1.807, 2.05) is 13.0 Å². The Morgan fingerprint density at radius 2 is 2.20 bits per heavy atom. The predicted octanol–water partition coefficient (Wildman–Crippen LogP) is 2.11. The van der Waals surface area contributed by atoms with Crippen molar-refractivity contribution >= 4 is 17.9 Å². The van der Waals surface area contributed by atoms with Gasteiger partial charge in [-0.15, -0.1) is 0 Å². The number of halogens is 1. The van der Waals surface area contributed by atoms with Crippen LogP contribution in [0.15, 0.2) is 18.2 Å². The first kappa shape index (κ1) is 7.29. The van der Waals surface area contributed by atoms with Crippen molar-refractivity contribution in [1.82, 2.24) is 0 Å². The minimum Gasteiger partial charge on any atom is -0.285 e. The first-order valence-corrected chi connectivity index (χ1v) is 3.27. The Kier molecular flexibility index (Phi) is 2.07.